The number of thiazole rings is 1. The Morgan fingerprint density at radius 3 is 2.63 bits per heavy atom. The van der Waals surface area contributed by atoms with Crippen molar-refractivity contribution < 1.29 is 14.0 Å². The highest BCUT2D eigenvalue weighted by molar-refractivity contribution is 8.01. The number of benzene rings is 2. The van der Waals surface area contributed by atoms with E-state index in [4.69, 9.17) is 11.6 Å². The Morgan fingerprint density at radius 1 is 1.17 bits per heavy atom. The van der Waals surface area contributed by atoms with Gasteiger partial charge in [-0.25, -0.2) is 9.37 Å². The molecule has 3 aromatic rings. The third-order valence-corrected chi connectivity index (χ3v) is 6.77. The highest BCUT2D eigenvalue weighted by Gasteiger charge is 2.24. The van der Waals surface area contributed by atoms with E-state index in [-0.39, 0.29) is 22.2 Å². The van der Waals surface area contributed by atoms with Crippen molar-refractivity contribution in [2.45, 2.75) is 23.2 Å². The van der Waals surface area contributed by atoms with E-state index in [1.807, 2.05) is 30.3 Å². The fourth-order valence-corrected chi connectivity index (χ4v) is 4.86. The van der Waals surface area contributed by atoms with E-state index in [1.165, 1.54) is 41.3 Å². The highest BCUT2D eigenvalue weighted by atomic mass is 35.5. The molecule has 1 heterocycles. The molecule has 2 amide bonds. The molecule has 30 heavy (non-hydrogen) atoms. The quantitative estimate of drug-likeness (QED) is 0.473. The lowest BCUT2D eigenvalue weighted by molar-refractivity contribution is -0.118. The van der Waals surface area contributed by atoms with Crippen LogP contribution in [0.5, 0.6) is 0 Å². The van der Waals surface area contributed by atoms with E-state index in [9.17, 15) is 14.0 Å². The average Bonchev–Trinajstić information content (AvgIpc) is 3.45. The molecule has 0 aliphatic heterocycles. The molecule has 0 unspecified atom stereocenters. The van der Waals surface area contributed by atoms with Crippen LogP contribution in [0.1, 0.15) is 23.2 Å². The normalized spacial score (nSPS) is 13.1. The lowest BCUT2D eigenvalue weighted by Crippen LogP contribution is -2.26. The van der Waals surface area contributed by atoms with E-state index >= 15 is 0 Å². The fourth-order valence-electron chi connectivity index (χ4n) is 2.74. The van der Waals surface area contributed by atoms with Crippen LogP contribution in [0.25, 0.3) is 11.3 Å². The summed E-state index contributed by atoms with van der Waals surface area (Å²) in [5.41, 5.74) is 1.15. The summed E-state index contributed by atoms with van der Waals surface area (Å²) in [4.78, 5) is 29.3. The van der Waals surface area contributed by atoms with E-state index in [0.29, 0.717) is 21.1 Å². The van der Waals surface area contributed by atoms with Crippen molar-refractivity contribution in [3.05, 3.63) is 64.9 Å². The van der Waals surface area contributed by atoms with Gasteiger partial charge in [-0.1, -0.05) is 71.1 Å². The molecule has 4 rings (SSSR count). The summed E-state index contributed by atoms with van der Waals surface area (Å²) in [5, 5.41) is 6.17. The Balaban J connectivity index is 1.57. The molecule has 1 aliphatic rings. The molecular formula is C21H17ClFN3O2S2. The molecule has 9 heteroatoms. The van der Waals surface area contributed by atoms with Gasteiger partial charge in [0.25, 0.3) is 5.91 Å². The minimum atomic E-state index is -0.697. The molecule has 2 aromatic carbocycles. The van der Waals surface area contributed by atoms with E-state index in [1.54, 1.807) is 0 Å². The monoisotopic (exact) mass is 461 g/mol. The van der Waals surface area contributed by atoms with Gasteiger partial charge in [0.05, 0.1) is 16.3 Å². The zero-order valence-electron chi connectivity index (χ0n) is 15.7. The Hall–Kier alpha value is -2.42. The first-order chi connectivity index (χ1) is 14.5. The van der Waals surface area contributed by atoms with Crippen molar-refractivity contribution >= 4 is 51.5 Å². The van der Waals surface area contributed by atoms with Crippen LogP contribution in [0.15, 0.2) is 52.9 Å². The lowest BCUT2D eigenvalue weighted by atomic mass is 10.1. The zero-order valence-corrected chi connectivity index (χ0v) is 18.0. The van der Waals surface area contributed by atoms with Crippen molar-refractivity contribution in [2.75, 3.05) is 11.1 Å². The Kier molecular flexibility index (Phi) is 6.36. The number of carbonyl (C=O) groups excluding carboxylic acids is 2. The van der Waals surface area contributed by atoms with E-state index in [2.05, 4.69) is 15.6 Å². The van der Waals surface area contributed by atoms with Crippen LogP contribution >= 0.6 is 34.7 Å². The standard InChI is InChI=1S/C21H17ClFN3O2S2/c22-14-7-4-8-15(23)17(14)19(28)26-20-18(12-5-2-1-3-6-12)25-21(30-20)29-11-16(27)24-13-9-10-13/h1-8,13H,9-11H2,(H,24,27)(H,26,28). The molecular weight excluding hydrogens is 445 g/mol. The molecule has 1 saturated carbocycles. The van der Waals surface area contributed by atoms with E-state index < -0.39 is 11.7 Å². The smallest absolute Gasteiger partial charge is 0.260 e. The van der Waals surface area contributed by atoms with Crippen molar-refractivity contribution in [1.82, 2.24) is 10.3 Å². The first-order valence-electron chi connectivity index (χ1n) is 9.25. The molecule has 0 saturated heterocycles. The number of nitrogens with one attached hydrogen (secondary N) is 2. The minimum absolute atomic E-state index is 0.0321. The van der Waals surface area contributed by atoms with Crippen LogP contribution in [0.4, 0.5) is 9.39 Å². The second kappa shape index (κ2) is 9.16. The Labute approximate surface area is 186 Å². The van der Waals surface area contributed by atoms with Crippen molar-refractivity contribution in [3.8, 4) is 11.3 Å². The van der Waals surface area contributed by atoms with Crippen molar-refractivity contribution in [3.63, 3.8) is 0 Å². The number of halogens is 2. The zero-order chi connectivity index (χ0) is 21.1. The molecule has 1 aliphatic carbocycles. The van der Waals surface area contributed by atoms with Crippen LogP contribution in [0.2, 0.25) is 5.02 Å². The lowest BCUT2D eigenvalue weighted by Gasteiger charge is -2.07. The van der Waals surface area contributed by atoms with Crippen LogP contribution in [0.3, 0.4) is 0 Å². The van der Waals surface area contributed by atoms with Crippen LogP contribution in [-0.4, -0.2) is 28.6 Å². The highest BCUT2D eigenvalue weighted by Crippen LogP contribution is 2.38. The van der Waals surface area contributed by atoms with Gasteiger partial charge in [-0.15, -0.1) is 0 Å². The first kappa shape index (κ1) is 20.8. The van der Waals surface area contributed by atoms with Gasteiger partial charge in [0.15, 0.2) is 4.34 Å². The molecule has 1 aromatic heterocycles. The van der Waals surface area contributed by atoms with Crippen LogP contribution in [0, 0.1) is 5.82 Å². The summed E-state index contributed by atoms with van der Waals surface area (Å²) in [6, 6.07) is 13.7. The molecule has 0 spiro atoms. The number of aromatic nitrogens is 1. The fraction of sp³-hybridized carbons (Fsp3) is 0.190. The number of nitrogens with zero attached hydrogens (tertiary/aromatic N) is 1. The maximum absolute atomic E-state index is 14.1. The summed E-state index contributed by atoms with van der Waals surface area (Å²) >= 11 is 8.56. The second-order valence-electron chi connectivity index (χ2n) is 6.70. The van der Waals surface area contributed by atoms with Gasteiger partial charge >= 0.3 is 0 Å². The molecule has 0 bridgehead atoms. The van der Waals surface area contributed by atoms with Crippen LogP contribution < -0.4 is 10.6 Å². The Bertz CT molecular complexity index is 1070. The van der Waals surface area contributed by atoms with Gasteiger partial charge in [0.1, 0.15) is 16.5 Å². The molecule has 5 nitrogen and oxygen atoms in total. The molecule has 1 fully saturated rings. The predicted octanol–water partition coefficient (Wildman–Crippen LogP) is 5.23. The maximum atomic E-state index is 14.1. The van der Waals surface area contributed by atoms with Crippen molar-refractivity contribution in [2.24, 2.45) is 0 Å². The molecule has 0 radical (unpaired) electrons. The predicted molar refractivity (Wildman–Crippen MR) is 119 cm³/mol. The third kappa shape index (κ3) is 5.00. The number of rotatable bonds is 7. The van der Waals surface area contributed by atoms with Crippen molar-refractivity contribution in [1.29, 1.82) is 0 Å². The third-order valence-electron chi connectivity index (χ3n) is 4.34. The topological polar surface area (TPSA) is 71.1 Å². The number of hydrogen-bond acceptors (Lipinski definition) is 5. The number of hydrogen-bond donors (Lipinski definition) is 2. The maximum Gasteiger partial charge on any atom is 0.260 e. The minimum Gasteiger partial charge on any atom is -0.353 e. The summed E-state index contributed by atoms with van der Waals surface area (Å²) in [5.74, 6) is -1.15. The molecule has 154 valence electrons. The number of amides is 2. The summed E-state index contributed by atoms with van der Waals surface area (Å²) in [6.07, 6.45) is 2.06. The summed E-state index contributed by atoms with van der Waals surface area (Å²) < 4.78 is 14.8. The van der Waals surface area contributed by atoms with Gasteiger partial charge in [-0.3, -0.25) is 9.59 Å². The number of anilines is 1. The van der Waals surface area contributed by atoms with Gasteiger partial charge in [0.2, 0.25) is 5.91 Å². The van der Waals surface area contributed by atoms with Crippen LogP contribution in [-0.2, 0) is 4.79 Å². The molecule has 0 atom stereocenters. The van der Waals surface area contributed by atoms with Gasteiger partial charge in [-0.05, 0) is 25.0 Å². The Morgan fingerprint density at radius 2 is 1.93 bits per heavy atom. The average molecular weight is 462 g/mol. The molecule has 2 N–H and O–H groups in total. The van der Waals surface area contributed by atoms with Gasteiger partial charge in [0, 0.05) is 11.6 Å². The summed E-state index contributed by atoms with van der Waals surface area (Å²) in [7, 11) is 0. The summed E-state index contributed by atoms with van der Waals surface area (Å²) in [6.45, 7) is 0. The largest absolute Gasteiger partial charge is 0.353 e. The number of thioether (sulfide) groups is 1. The van der Waals surface area contributed by atoms with Gasteiger partial charge in [-0.2, -0.15) is 0 Å². The SMILES string of the molecule is O=C(CSc1nc(-c2ccccc2)c(NC(=O)c2c(F)cccc2Cl)s1)NC1CC1. The second-order valence-corrected chi connectivity index (χ2v) is 9.33. The number of carbonyl (C=O) groups is 2. The van der Waals surface area contributed by atoms with Gasteiger partial charge < -0.3 is 10.6 Å². The first-order valence-corrected chi connectivity index (χ1v) is 11.4. The van der Waals surface area contributed by atoms with E-state index in [0.717, 1.165) is 18.4 Å².